The van der Waals surface area contributed by atoms with E-state index in [0.717, 1.165) is 5.56 Å². The van der Waals surface area contributed by atoms with Crippen LogP contribution in [0.3, 0.4) is 0 Å². The first-order chi connectivity index (χ1) is 8.80. The summed E-state index contributed by atoms with van der Waals surface area (Å²) in [6.07, 6.45) is -4.10. The number of nitrogens with zero attached hydrogens (tertiary/aromatic N) is 2. The topological polar surface area (TPSA) is 55.1 Å². The molecule has 0 aliphatic carbocycles. The lowest BCUT2D eigenvalue weighted by Gasteiger charge is -2.11. The molecule has 1 aromatic carbocycles. The van der Waals surface area contributed by atoms with E-state index in [-0.39, 0.29) is 5.69 Å². The van der Waals surface area contributed by atoms with Crippen LogP contribution in [0.5, 0.6) is 0 Å². The molecular formula is C12H9F3N2O2. The minimum atomic E-state index is -4.80. The third-order valence-corrected chi connectivity index (χ3v) is 2.51. The van der Waals surface area contributed by atoms with E-state index in [1.165, 1.54) is 12.1 Å². The first-order valence-corrected chi connectivity index (χ1v) is 5.26. The second-order valence-electron chi connectivity index (χ2n) is 3.96. The number of hydrogen-bond donors (Lipinski definition) is 1. The zero-order chi connectivity index (χ0) is 14.2. The highest BCUT2D eigenvalue weighted by Gasteiger charge is 2.40. The second kappa shape index (κ2) is 4.42. The number of hydrogen-bond acceptors (Lipinski definition) is 2. The van der Waals surface area contributed by atoms with Crippen LogP contribution in [0.1, 0.15) is 21.6 Å². The van der Waals surface area contributed by atoms with Gasteiger partial charge in [0, 0.05) is 0 Å². The van der Waals surface area contributed by atoms with Crippen molar-refractivity contribution in [1.29, 1.82) is 0 Å². The number of carboxylic acids is 1. The Labute approximate surface area is 106 Å². The fraction of sp³-hybridized carbons (Fsp3) is 0.167. The Balaban J connectivity index is 2.68. The number of rotatable bonds is 2. The van der Waals surface area contributed by atoms with Crippen LogP contribution in [0.4, 0.5) is 13.2 Å². The van der Waals surface area contributed by atoms with E-state index in [9.17, 15) is 18.0 Å². The van der Waals surface area contributed by atoms with Gasteiger partial charge >= 0.3 is 12.1 Å². The quantitative estimate of drug-likeness (QED) is 0.912. The Hall–Kier alpha value is -2.31. The van der Waals surface area contributed by atoms with Crippen LogP contribution >= 0.6 is 0 Å². The number of halogens is 3. The fourth-order valence-electron chi connectivity index (χ4n) is 1.73. The summed E-state index contributed by atoms with van der Waals surface area (Å²) >= 11 is 0. The molecule has 0 radical (unpaired) electrons. The molecule has 1 N–H and O–H groups in total. The van der Waals surface area contributed by atoms with Crippen LogP contribution < -0.4 is 0 Å². The van der Waals surface area contributed by atoms with Crippen molar-refractivity contribution in [2.45, 2.75) is 13.1 Å². The van der Waals surface area contributed by atoms with E-state index >= 15 is 0 Å². The number of carboxylic acid groups (broad SMARTS) is 1. The monoisotopic (exact) mass is 270 g/mol. The maximum atomic E-state index is 13.0. The van der Waals surface area contributed by atoms with Crippen molar-refractivity contribution in [3.8, 4) is 5.69 Å². The summed E-state index contributed by atoms with van der Waals surface area (Å²) in [5.74, 6) is -1.66. The van der Waals surface area contributed by atoms with Crippen LogP contribution in [0.25, 0.3) is 5.69 Å². The highest BCUT2D eigenvalue weighted by molar-refractivity contribution is 5.89. The molecule has 0 saturated heterocycles. The van der Waals surface area contributed by atoms with Gasteiger partial charge in [0.15, 0.2) is 5.69 Å². The van der Waals surface area contributed by atoms with Crippen molar-refractivity contribution in [2.75, 3.05) is 0 Å². The lowest BCUT2D eigenvalue weighted by molar-refractivity contribution is -0.143. The van der Waals surface area contributed by atoms with Crippen LogP contribution in [0.2, 0.25) is 0 Å². The van der Waals surface area contributed by atoms with Crippen molar-refractivity contribution in [2.24, 2.45) is 0 Å². The molecule has 0 spiro atoms. The van der Waals surface area contributed by atoms with Gasteiger partial charge in [0.25, 0.3) is 0 Å². The van der Waals surface area contributed by atoms with Gasteiger partial charge in [-0.15, -0.1) is 0 Å². The summed E-state index contributed by atoms with van der Waals surface area (Å²) in [5.41, 5.74) is -1.24. The van der Waals surface area contributed by atoms with Gasteiger partial charge in [-0.05, 0) is 24.6 Å². The first kappa shape index (κ1) is 13.1. The number of aromatic nitrogens is 2. The van der Waals surface area contributed by atoms with Crippen LogP contribution in [0, 0.1) is 6.92 Å². The number of alkyl halides is 3. The van der Waals surface area contributed by atoms with Gasteiger partial charge in [-0.2, -0.15) is 18.3 Å². The predicted molar refractivity (Wildman–Crippen MR) is 60.3 cm³/mol. The average Bonchev–Trinajstić information content (AvgIpc) is 2.73. The SMILES string of the molecule is Cc1cccc(-n2ncc(C(=O)O)c2C(F)(F)F)c1. The Kier molecular flexibility index (Phi) is 3.05. The number of benzene rings is 1. The molecule has 7 heteroatoms. The van der Waals surface area contributed by atoms with Gasteiger partial charge in [-0.25, -0.2) is 9.48 Å². The Morgan fingerprint density at radius 3 is 2.58 bits per heavy atom. The molecule has 2 rings (SSSR count). The molecule has 0 amide bonds. The largest absolute Gasteiger partial charge is 0.478 e. The van der Waals surface area contributed by atoms with E-state index in [1.54, 1.807) is 19.1 Å². The van der Waals surface area contributed by atoms with E-state index in [2.05, 4.69) is 5.10 Å². The number of carbonyl (C=O) groups is 1. The third-order valence-electron chi connectivity index (χ3n) is 2.51. The Morgan fingerprint density at radius 1 is 1.37 bits per heavy atom. The molecular weight excluding hydrogens is 261 g/mol. The van der Waals surface area contributed by atoms with Gasteiger partial charge in [0.1, 0.15) is 5.56 Å². The zero-order valence-electron chi connectivity index (χ0n) is 9.77. The minimum Gasteiger partial charge on any atom is -0.478 e. The van der Waals surface area contributed by atoms with Crippen LogP contribution in [-0.4, -0.2) is 20.9 Å². The maximum Gasteiger partial charge on any atom is 0.434 e. The molecule has 1 heterocycles. The fourth-order valence-corrected chi connectivity index (χ4v) is 1.73. The minimum absolute atomic E-state index is 0.167. The van der Waals surface area contributed by atoms with E-state index in [1.807, 2.05) is 0 Å². The van der Waals surface area contributed by atoms with Crippen LogP contribution in [0.15, 0.2) is 30.5 Å². The lowest BCUT2D eigenvalue weighted by Crippen LogP contribution is -2.17. The highest BCUT2D eigenvalue weighted by Crippen LogP contribution is 2.33. The normalized spacial score (nSPS) is 11.6. The van der Waals surface area contributed by atoms with E-state index in [4.69, 9.17) is 5.11 Å². The molecule has 0 bridgehead atoms. The Bertz CT molecular complexity index is 632. The van der Waals surface area contributed by atoms with Crippen molar-refractivity contribution < 1.29 is 23.1 Å². The summed E-state index contributed by atoms with van der Waals surface area (Å²) in [4.78, 5) is 10.8. The molecule has 1 aromatic heterocycles. The highest BCUT2D eigenvalue weighted by atomic mass is 19.4. The molecule has 0 aliphatic heterocycles. The summed E-state index contributed by atoms with van der Waals surface area (Å²) in [6.45, 7) is 1.72. The van der Waals surface area contributed by atoms with E-state index < -0.39 is 23.4 Å². The molecule has 0 saturated carbocycles. The van der Waals surface area contributed by atoms with Gasteiger partial charge in [-0.3, -0.25) is 0 Å². The van der Waals surface area contributed by atoms with Gasteiger partial charge in [0.05, 0.1) is 11.9 Å². The molecule has 4 nitrogen and oxygen atoms in total. The maximum absolute atomic E-state index is 13.0. The van der Waals surface area contributed by atoms with Gasteiger partial charge in [-0.1, -0.05) is 12.1 Å². The number of aryl methyl sites for hydroxylation is 1. The molecule has 0 atom stereocenters. The van der Waals surface area contributed by atoms with Crippen molar-refractivity contribution in [3.05, 3.63) is 47.3 Å². The summed E-state index contributed by atoms with van der Waals surface area (Å²) in [6, 6.07) is 6.22. The van der Waals surface area contributed by atoms with Crippen LogP contribution in [-0.2, 0) is 6.18 Å². The summed E-state index contributed by atoms with van der Waals surface area (Å²) in [7, 11) is 0. The molecule has 100 valence electrons. The standard InChI is InChI=1S/C12H9F3N2O2/c1-7-3-2-4-8(5-7)17-10(12(13,14)15)9(6-16-17)11(18)19/h2-6H,1H3,(H,18,19). The molecule has 19 heavy (non-hydrogen) atoms. The average molecular weight is 270 g/mol. The second-order valence-corrected chi connectivity index (χ2v) is 3.96. The third kappa shape index (κ3) is 2.44. The first-order valence-electron chi connectivity index (χ1n) is 5.26. The predicted octanol–water partition coefficient (Wildman–Crippen LogP) is 2.90. The zero-order valence-corrected chi connectivity index (χ0v) is 9.77. The summed E-state index contributed by atoms with van der Waals surface area (Å²) < 4.78 is 39.5. The van der Waals surface area contributed by atoms with Crippen molar-refractivity contribution >= 4 is 5.97 Å². The van der Waals surface area contributed by atoms with E-state index in [0.29, 0.717) is 10.9 Å². The summed E-state index contributed by atoms with van der Waals surface area (Å²) in [5, 5.41) is 12.3. The van der Waals surface area contributed by atoms with Gasteiger partial charge in [0.2, 0.25) is 0 Å². The smallest absolute Gasteiger partial charge is 0.434 e. The molecule has 0 unspecified atom stereocenters. The Morgan fingerprint density at radius 2 is 2.05 bits per heavy atom. The van der Waals surface area contributed by atoms with Gasteiger partial charge < -0.3 is 5.11 Å². The molecule has 0 aliphatic rings. The number of aromatic carboxylic acids is 1. The van der Waals surface area contributed by atoms with Crippen molar-refractivity contribution in [1.82, 2.24) is 9.78 Å². The molecule has 0 fully saturated rings. The molecule has 2 aromatic rings. The lowest BCUT2D eigenvalue weighted by atomic mass is 10.2. The van der Waals surface area contributed by atoms with Crippen molar-refractivity contribution in [3.63, 3.8) is 0 Å².